The SMILES string of the molecule is NN(Cc1ccc(Cl)cc1)c1ccc(Br)cc1. The molecular weight excluding hydrogens is 300 g/mol. The number of hydrogen-bond acceptors (Lipinski definition) is 2. The van der Waals surface area contributed by atoms with Crippen LogP contribution in [0.5, 0.6) is 0 Å². The topological polar surface area (TPSA) is 29.3 Å². The Morgan fingerprint density at radius 2 is 1.59 bits per heavy atom. The molecule has 0 aliphatic rings. The van der Waals surface area contributed by atoms with Crippen molar-refractivity contribution in [1.82, 2.24) is 0 Å². The molecule has 0 heterocycles. The summed E-state index contributed by atoms with van der Waals surface area (Å²) in [6.07, 6.45) is 0. The van der Waals surface area contributed by atoms with Crippen molar-refractivity contribution < 1.29 is 0 Å². The minimum Gasteiger partial charge on any atom is -0.307 e. The van der Waals surface area contributed by atoms with Gasteiger partial charge in [0.2, 0.25) is 0 Å². The molecule has 17 heavy (non-hydrogen) atoms. The van der Waals surface area contributed by atoms with Crippen molar-refractivity contribution in [2.75, 3.05) is 5.01 Å². The number of hydrazine groups is 1. The highest BCUT2D eigenvalue weighted by molar-refractivity contribution is 9.10. The third-order valence-corrected chi connectivity index (χ3v) is 3.21. The van der Waals surface area contributed by atoms with Crippen LogP contribution in [-0.4, -0.2) is 0 Å². The maximum atomic E-state index is 6.00. The molecule has 2 aromatic rings. The summed E-state index contributed by atoms with van der Waals surface area (Å²) < 4.78 is 1.04. The second-order valence-corrected chi connectivity index (χ2v) is 5.08. The van der Waals surface area contributed by atoms with E-state index in [2.05, 4.69) is 15.9 Å². The lowest BCUT2D eigenvalue weighted by Gasteiger charge is -2.18. The molecule has 2 nitrogen and oxygen atoms in total. The Kier molecular flexibility index (Phi) is 4.05. The number of nitrogens with zero attached hydrogens (tertiary/aromatic N) is 1. The molecule has 4 heteroatoms. The van der Waals surface area contributed by atoms with Crippen molar-refractivity contribution in [3.63, 3.8) is 0 Å². The summed E-state index contributed by atoms with van der Waals surface area (Å²) in [5.41, 5.74) is 2.10. The minimum atomic E-state index is 0.652. The molecule has 88 valence electrons. The van der Waals surface area contributed by atoms with Crippen LogP contribution in [0.15, 0.2) is 53.0 Å². The first kappa shape index (κ1) is 12.4. The van der Waals surface area contributed by atoms with Gasteiger partial charge >= 0.3 is 0 Å². The zero-order valence-corrected chi connectivity index (χ0v) is 11.4. The van der Waals surface area contributed by atoms with Gasteiger partial charge in [-0.3, -0.25) is 0 Å². The van der Waals surface area contributed by atoms with Gasteiger partial charge in [0.25, 0.3) is 0 Å². The first-order chi connectivity index (χ1) is 8.15. The summed E-state index contributed by atoms with van der Waals surface area (Å²) in [6.45, 7) is 0.652. The van der Waals surface area contributed by atoms with E-state index in [1.165, 1.54) is 0 Å². The largest absolute Gasteiger partial charge is 0.307 e. The second-order valence-electron chi connectivity index (χ2n) is 3.73. The van der Waals surface area contributed by atoms with Crippen LogP contribution in [0.2, 0.25) is 5.02 Å². The number of anilines is 1. The summed E-state index contributed by atoms with van der Waals surface area (Å²) in [5, 5.41) is 2.44. The van der Waals surface area contributed by atoms with Crippen molar-refractivity contribution in [3.05, 3.63) is 63.6 Å². The lowest BCUT2D eigenvalue weighted by Crippen LogP contribution is -2.29. The standard InChI is InChI=1S/C13H12BrClN2/c14-11-3-7-13(8-4-11)17(16)9-10-1-5-12(15)6-2-10/h1-8H,9,16H2. The van der Waals surface area contributed by atoms with Crippen LogP contribution in [-0.2, 0) is 6.54 Å². The molecule has 0 bridgehead atoms. The van der Waals surface area contributed by atoms with E-state index in [1.807, 2.05) is 48.5 Å². The molecule has 0 amide bonds. The van der Waals surface area contributed by atoms with Gasteiger partial charge in [0.15, 0.2) is 0 Å². The van der Waals surface area contributed by atoms with Crippen molar-refractivity contribution >= 4 is 33.2 Å². The number of hydrogen-bond donors (Lipinski definition) is 1. The fourth-order valence-corrected chi connectivity index (χ4v) is 1.90. The fourth-order valence-electron chi connectivity index (χ4n) is 1.51. The summed E-state index contributed by atoms with van der Waals surface area (Å²) in [6, 6.07) is 15.6. The Labute approximate surface area is 114 Å². The molecule has 0 saturated carbocycles. The lowest BCUT2D eigenvalue weighted by molar-refractivity contribution is 0.853. The molecule has 2 N–H and O–H groups in total. The van der Waals surface area contributed by atoms with Crippen molar-refractivity contribution in [2.24, 2.45) is 5.84 Å². The number of rotatable bonds is 3. The molecule has 0 fully saturated rings. The maximum Gasteiger partial charge on any atom is 0.0592 e. The predicted molar refractivity (Wildman–Crippen MR) is 76.0 cm³/mol. The average Bonchev–Trinajstić information content (AvgIpc) is 2.33. The molecule has 0 atom stereocenters. The van der Waals surface area contributed by atoms with Gasteiger partial charge in [-0.05, 0) is 42.0 Å². The van der Waals surface area contributed by atoms with Gasteiger partial charge in [-0.25, -0.2) is 5.84 Å². The Balaban J connectivity index is 2.08. The highest BCUT2D eigenvalue weighted by Crippen LogP contribution is 2.18. The number of nitrogens with two attached hydrogens (primary N) is 1. The Morgan fingerprint density at radius 1 is 1.00 bits per heavy atom. The summed E-state index contributed by atoms with van der Waals surface area (Å²) in [7, 11) is 0. The van der Waals surface area contributed by atoms with Crippen LogP contribution in [0, 0.1) is 0 Å². The zero-order chi connectivity index (χ0) is 12.3. The molecule has 0 radical (unpaired) electrons. The highest BCUT2D eigenvalue weighted by atomic mass is 79.9. The van der Waals surface area contributed by atoms with Crippen LogP contribution in [0.25, 0.3) is 0 Å². The van der Waals surface area contributed by atoms with Gasteiger partial charge in [-0.15, -0.1) is 0 Å². The number of benzene rings is 2. The van der Waals surface area contributed by atoms with Gasteiger partial charge in [0, 0.05) is 9.50 Å². The fraction of sp³-hybridized carbons (Fsp3) is 0.0769. The summed E-state index contributed by atoms with van der Waals surface area (Å²) in [4.78, 5) is 0. The van der Waals surface area contributed by atoms with E-state index in [0.717, 1.165) is 20.7 Å². The van der Waals surface area contributed by atoms with E-state index >= 15 is 0 Å². The predicted octanol–water partition coefficient (Wildman–Crippen LogP) is 3.98. The third-order valence-electron chi connectivity index (χ3n) is 2.42. The van der Waals surface area contributed by atoms with E-state index in [1.54, 1.807) is 5.01 Å². The van der Waals surface area contributed by atoms with E-state index in [4.69, 9.17) is 17.4 Å². The third kappa shape index (κ3) is 3.46. The first-order valence-electron chi connectivity index (χ1n) is 5.17. The molecule has 2 aromatic carbocycles. The summed E-state index contributed by atoms with van der Waals surface area (Å²) >= 11 is 9.23. The van der Waals surface area contributed by atoms with Crippen LogP contribution in [0.1, 0.15) is 5.56 Å². The molecule has 2 rings (SSSR count). The Morgan fingerprint density at radius 3 is 2.18 bits per heavy atom. The van der Waals surface area contributed by atoms with Gasteiger partial charge in [0.05, 0.1) is 12.2 Å². The Hall–Kier alpha value is -1.03. The van der Waals surface area contributed by atoms with Crippen molar-refractivity contribution in [1.29, 1.82) is 0 Å². The van der Waals surface area contributed by atoms with Crippen molar-refractivity contribution in [2.45, 2.75) is 6.54 Å². The van der Waals surface area contributed by atoms with Gasteiger partial charge in [0.1, 0.15) is 0 Å². The number of halogens is 2. The Bertz CT molecular complexity index is 482. The van der Waals surface area contributed by atoms with E-state index < -0.39 is 0 Å². The van der Waals surface area contributed by atoms with Gasteiger partial charge in [-0.1, -0.05) is 39.7 Å². The molecule has 0 aliphatic heterocycles. The van der Waals surface area contributed by atoms with Crippen LogP contribution >= 0.6 is 27.5 Å². The van der Waals surface area contributed by atoms with Crippen LogP contribution in [0.3, 0.4) is 0 Å². The lowest BCUT2D eigenvalue weighted by atomic mass is 10.2. The first-order valence-corrected chi connectivity index (χ1v) is 6.34. The van der Waals surface area contributed by atoms with Crippen LogP contribution < -0.4 is 10.9 Å². The molecule has 0 aliphatic carbocycles. The van der Waals surface area contributed by atoms with E-state index in [-0.39, 0.29) is 0 Å². The van der Waals surface area contributed by atoms with Crippen molar-refractivity contribution in [3.8, 4) is 0 Å². The second kappa shape index (κ2) is 5.54. The van der Waals surface area contributed by atoms with E-state index in [0.29, 0.717) is 6.54 Å². The molecule has 0 unspecified atom stereocenters. The average molecular weight is 312 g/mol. The summed E-state index contributed by atoms with van der Waals surface area (Å²) in [5.74, 6) is 6.00. The quantitative estimate of drug-likeness (QED) is 0.686. The molecule has 0 spiro atoms. The molecule has 0 aromatic heterocycles. The molecular formula is C13H12BrClN2. The zero-order valence-electron chi connectivity index (χ0n) is 9.11. The highest BCUT2D eigenvalue weighted by Gasteiger charge is 2.02. The smallest absolute Gasteiger partial charge is 0.0592 e. The minimum absolute atomic E-state index is 0.652. The van der Waals surface area contributed by atoms with Gasteiger partial charge in [-0.2, -0.15) is 0 Å². The maximum absolute atomic E-state index is 6.00. The van der Waals surface area contributed by atoms with E-state index in [9.17, 15) is 0 Å². The van der Waals surface area contributed by atoms with Crippen LogP contribution in [0.4, 0.5) is 5.69 Å². The normalized spacial score (nSPS) is 10.3. The monoisotopic (exact) mass is 310 g/mol. The molecule has 0 saturated heterocycles. The van der Waals surface area contributed by atoms with Gasteiger partial charge < -0.3 is 5.01 Å².